The number of nitrogens with zero attached hydrogens (tertiary/aromatic N) is 3. The fourth-order valence-electron chi connectivity index (χ4n) is 3.58. The molecule has 152 valence electrons. The Balaban J connectivity index is 1.83. The third-order valence-electron chi connectivity index (χ3n) is 5.19. The Morgan fingerprint density at radius 3 is 2.60 bits per heavy atom. The second-order valence-electron chi connectivity index (χ2n) is 7.62. The van der Waals surface area contributed by atoms with Gasteiger partial charge >= 0.3 is 0 Å². The van der Waals surface area contributed by atoms with E-state index in [1.54, 1.807) is 32.3 Å². The van der Waals surface area contributed by atoms with Gasteiger partial charge in [-0.3, -0.25) is 4.79 Å². The molecular formula is C24H23FN4O. The fraction of sp³-hybridized carbons (Fsp3) is 0.208. The number of nitrogens with one attached hydrogen (secondary N) is 1. The van der Waals surface area contributed by atoms with Crippen LogP contribution in [0.3, 0.4) is 0 Å². The molecule has 1 atom stereocenters. The van der Waals surface area contributed by atoms with Crippen molar-refractivity contribution in [2.45, 2.75) is 26.8 Å². The summed E-state index contributed by atoms with van der Waals surface area (Å²) in [6, 6.07) is 14.5. The van der Waals surface area contributed by atoms with Crippen molar-refractivity contribution >= 4 is 16.7 Å². The summed E-state index contributed by atoms with van der Waals surface area (Å²) >= 11 is 0. The van der Waals surface area contributed by atoms with Crippen molar-refractivity contribution in [1.82, 2.24) is 14.5 Å². The lowest BCUT2D eigenvalue weighted by molar-refractivity contribution is 0.632. The predicted octanol–water partition coefficient (Wildman–Crippen LogP) is 4.92. The molecule has 2 aromatic carbocycles. The number of benzene rings is 2. The van der Waals surface area contributed by atoms with Gasteiger partial charge in [-0.1, -0.05) is 29.8 Å². The summed E-state index contributed by atoms with van der Waals surface area (Å²) in [4.78, 5) is 20.7. The number of aryl methyl sites for hydroxylation is 3. The predicted molar refractivity (Wildman–Crippen MR) is 118 cm³/mol. The molecule has 0 amide bonds. The maximum Gasteiger partial charge on any atom is 0.250 e. The maximum absolute atomic E-state index is 14.9. The van der Waals surface area contributed by atoms with Crippen molar-refractivity contribution < 1.29 is 4.39 Å². The third-order valence-corrected chi connectivity index (χ3v) is 5.19. The van der Waals surface area contributed by atoms with E-state index in [0.29, 0.717) is 28.3 Å². The summed E-state index contributed by atoms with van der Waals surface area (Å²) in [5.74, 6) is 0.824. The number of halogens is 1. The maximum atomic E-state index is 14.9. The molecule has 30 heavy (non-hydrogen) atoms. The van der Waals surface area contributed by atoms with Crippen LogP contribution < -0.4 is 10.9 Å². The summed E-state index contributed by atoms with van der Waals surface area (Å²) in [6.45, 7) is 5.92. The molecule has 0 saturated carbocycles. The van der Waals surface area contributed by atoms with Crippen LogP contribution in [0, 0.1) is 19.7 Å². The fourth-order valence-corrected chi connectivity index (χ4v) is 3.58. The van der Waals surface area contributed by atoms with E-state index >= 15 is 0 Å². The summed E-state index contributed by atoms with van der Waals surface area (Å²) in [6.07, 6.45) is 1.63. The summed E-state index contributed by atoms with van der Waals surface area (Å²) in [7, 11) is 1.65. The molecule has 0 spiro atoms. The van der Waals surface area contributed by atoms with E-state index in [-0.39, 0.29) is 11.6 Å². The van der Waals surface area contributed by atoms with Gasteiger partial charge in [0.1, 0.15) is 17.5 Å². The van der Waals surface area contributed by atoms with Gasteiger partial charge in [0.2, 0.25) is 5.56 Å². The molecule has 0 bridgehead atoms. The highest BCUT2D eigenvalue weighted by molar-refractivity contribution is 5.93. The molecule has 4 rings (SSSR count). The van der Waals surface area contributed by atoms with E-state index in [1.165, 1.54) is 22.3 Å². The highest BCUT2D eigenvalue weighted by Gasteiger charge is 2.15. The van der Waals surface area contributed by atoms with Crippen LogP contribution in [0.5, 0.6) is 0 Å². The average molecular weight is 402 g/mol. The van der Waals surface area contributed by atoms with Crippen molar-refractivity contribution in [3.63, 3.8) is 0 Å². The molecule has 0 saturated heterocycles. The van der Waals surface area contributed by atoms with E-state index in [2.05, 4.69) is 47.3 Å². The minimum absolute atomic E-state index is 0.00782. The number of hydrogen-bond acceptors (Lipinski definition) is 4. The van der Waals surface area contributed by atoms with Crippen molar-refractivity contribution in [2.75, 3.05) is 5.32 Å². The van der Waals surface area contributed by atoms with Crippen LogP contribution in [0.4, 0.5) is 10.2 Å². The second kappa shape index (κ2) is 7.71. The zero-order valence-corrected chi connectivity index (χ0v) is 17.4. The number of pyridine rings is 1. The van der Waals surface area contributed by atoms with E-state index in [0.717, 1.165) is 10.9 Å². The molecule has 4 aromatic rings. The van der Waals surface area contributed by atoms with Gasteiger partial charge in [0.25, 0.3) is 0 Å². The number of hydrogen-bond donors (Lipinski definition) is 1. The lowest BCUT2D eigenvalue weighted by Gasteiger charge is -2.18. The number of anilines is 1. The lowest BCUT2D eigenvalue weighted by atomic mass is 10.0. The summed E-state index contributed by atoms with van der Waals surface area (Å²) < 4.78 is 16.3. The molecule has 6 heteroatoms. The van der Waals surface area contributed by atoms with E-state index in [1.807, 2.05) is 6.07 Å². The first-order valence-electron chi connectivity index (χ1n) is 9.80. The van der Waals surface area contributed by atoms with Gasteiger partial charge in [0, 0.05) is 47.9 Å². The Bertz CT molecular complexity index is 1310. The monoisotopic (exact) mass is 402 g/mol. The zero-order chi connectivity index (χ0) is 21.4. The van der Waals surface area contributed by atoms with Crippen LogP contribution in [-0.2, 0) is 7.05 Å². The normalized spacial score (nSPS) is 12.2. The molecule has 2 aromatic heterocycles. The number of aromatic nitrogens is 3. The quantitative estimate of drug-likeness (QED) is 0.526. The van der Waals surface area contributed by atoms with Crippen LogP contribution in [0.15, 0.2) is 59.5 Å². The molecular weight excluding hydrogens is 379 g/mol. The van der Waals surface area contributed by atoms with Gasteiger partial charge in [-0.05, 0) is 38.5 Å². The van der Waals surface area contributed by atoms with Crippen molar-refractivity contribution in [1.29, 1.82) is 0 Å². The van der Waals surface area contributed by atoms with Gasteiger partial charge < -0.3 is 9.88 Å². The van der Waals surface area contributed by atoms with E-state index in [9.17, 15) is 9.18 Å². The Morgan fingerprint density at radius 1 is 1.07 bits per heavy atom. The molecule has 5 nitrogen and oxygen atoms in total. The molecule has 1 N–H and O–H groups in total. The van der Waals surface area contributed by atoms with Crippen LogP contribution in [0.1, 0.15) is 29.9 Å². The number of fused-ring (bicyclic) bond motifs is 1. The Hall–Kier alpha value is -3.54. The van der Waals surface area contributed by atoms with Gasteiger partial charge in [-0.2, -0.15) is 0 Å². The van der Waals surface area contributed by atoms with Crippen LogP contribution in [0.25, 0.3) is 22.0 Å². The van der Waals surface area contributed by atoms with Crippen LogP contribution >= 0.6 is 0 Å². The van der Waals surface area contributed by atoms with Crippen LogP contribution in [0.2, 0.25) is 0 Å². The Morgan fingerprint density at radius 2 is 1.87 bits per heavy atom. The molecule has 0 fully saturated rings. The zero-order valence-electron chi connectivity index (χ0n) is 17.4. The molecule has 0 aliphatic carbocycles. The SMILES string of the molecule is Cc1cccc([C@@H](C)Nc2nc(C)nc3cc(F)c(-c4ccc(=O)n(C)c4)cc23)c1. The largest absolute Gasteiger partial charge is 0.363 e. The van der Waals surface area contributed by atoms with Gasteiger partial charge in [-0.15, -0.1) is 0 Å². The standard InChI is InChI=1S/C24H23FN4O/c1-14-6-5-7-17(10-14)15(2)26-24-20-11-19(18-8-9-23(30)29(4)13-18)21(25)12-22(20)27-16(3)28-24/h5-13,15H,1-4H3,(H,26,27,28)/t15-/m1/s1. The third kappa shape index (κ3) is 3.81. The molecule has 0 aliphatic rings. The molecule has 2 heterocycles. The minimum Gasteiger partial charge on any atom is -0.363 e. The smallest absolute Gasteiger partial charge is 0.250 e. The summed E-state index contributed by atoms with van der Waals surface area (Å²) in [5.41, 5.74) is 3.73. The average Bonchev–Trinajstić information content (AvgIpc) is 2.69. The number of rotatable bonds is 4. The second-order valence-corrected chi connectivity index (χ2v) is 7.62. The topological polar surface area (TPSA) is 59.8 Å². The van der Waals surface area contributed by atoms with Gasteiger partial charge in [-0.25, -0.2) is 14.4 Å². The lowest BCUT2D eigenvalue weighted by Crippen LogP contribution is -2.14. The minimum atomic E-state index is -0.392. The molecule has 0 unspecified atom stereocenters. The Labute approximate surface area is 174 Å². The molecule has 0 aliphatic heterocycles. The molecule has 0 radical (unpaired) electrons. The van der Waals surface area contributed by atoms with Crippen molar-refractivity contribution in [3.8, 4) is 11.1 Å². The highest BCUT2D eigenvalue weighted by atomic mass is 19.1. The summed E-state index contributed by atoms with van der Waals surface area (Å²) in [5, 5.41) is 4.19. The van der Waals surface area contributed by atoms with Crippen LogP contribution in [-0.4, -0.2) is 14.5 Å². The Kier molecular flexibility index (Phi) is 5.08. The highest BCUT2D eigenvalue weighted by Crippen LogP contribution is 2.31. The first-order chi connectivity index (χ1) is 14.3. The van der Waals surface area contributed by atoms with Gasteiger partial charge in [0.15, 0.2) is 0 Å². The van der Waals surface area contributed by atoms with Gasteiger partial charge in [0.05, 0.1) is 5.52 Å². The first kappa shape index (κ1) is 19.8. The van der Waals surface area contributed by atoms with E-state index < -0.39 is 5.82 Å². The van der Waals surface area contributed by atoms with Crippen molar-refractivity contribution in [2.24, 2.45) is 7.05 Å². The first-order valence-corrected chi connectivity index (χ1v) is 9.80. The van der Waals surface area contributed by atoms with Crippen molar-refractivity contribution in [3.05, 3.63) is 87.9 Å². The van der Waals surface area contributed by atoms with E-state index in [4.69, 9.17) is 0 Å².